The molecule has 12 heteroatoms. The van der Waals surface area contributed by atoms with Crippen molar-refractivity contribution in [2.24, 2.45) is 23.1 Å². The van der Waals surface area contributed by atoms with Crippen LogP contribution in [0.4, 0.5) is 0 Å². The van der Waals surface area contributed by atoms with E-state index in [4.69, 9.17) is 17.2 Å². The lowest BCUT2D eigenvalue weighted by Crippen LogP contribution is -2.57. The number of hydrogen-bond acceptors (Lipinski definition) is 7. The number of amides is 4. The Bertz CT molecular complexity index is 717. The number of nitrogens with one attached hydrogen (secondary N) is 2. The van der Waals surface area contributed by atoms with Gasteiger partial charge in [-0.1, -0.05) is 20.3 Å². The third-order valence-electron chi connectivity index (χ3n) is 5.98. The van der Waals surface area contributed by atoms with E-state index in [0.717, 1.165) is 6.42 Å². The van der Waals surface area contributed by atoms with Crippen molar-refractivity contribution in [2.75, 3.05) is 13.1 Å². The van der Waals surface area contributed by atoms with Crippen LogP contribution in [0.25, 0.3) is 0 Å². The Labute approximate surface area is 194 Å². The van der Waals surface area contributed by atoms with Crippen LogP contribution in [-0.2, 0) is 24.0 Å². The van der Waals surface area contributed by atoms with Crippen molar-refractivity contribution in [3.05, 3.63) is 0 Å². The van der Waals surface area contributed by atoms with Gasteiger partial charge in [-0.15, -0.1) is 0 Å². The van der Waals surface area contributed by atoms with Crippen LogP contribution in [0.3, 0.4) is 0 Å². The average molecular weight is 471 g/mol. The highest BCUT2D eigenvalue weighted by Gasteiger charge is 2.38. The quantitative estimate of drug-likeness (QED) is 0.162. The molecule has 0 aromatic heterocycles. The topological polar surface area (TPSA) is 211 Å². The SMILES string of the molecule is CCC(C)C(N)C(=O)N1CCCC1C(=O)NC(CCCCN)C(=O)NC(CC(N)=O)C(=O)O. The van der Waals surface area contributed by atoms with Crippen LogP contribution < -0.4 is 27.8 Å². The monoisotopic (exact) mass is 470 g/mol. The summed E-state index contributed by atoms with van der Waals surface area (Å²) in [5.74, 6) is -3.91. The van der Waals surface area contributed by atoms with E-state index in [1.165, 1.54) is 4.90 Å². The Morgan fingerprint density at radius 1 is 1.12 bits per heavy atom. The normalized spacial score (nSPS) is 19.3. The summed E-state index contributed by atoms with van der Waals surface area (Å²) in [6.07, 6.45) is 2.52. The Morgan fingerprint density at radius 3 is 2.33 bits per heavy atom. The lowest BCUT2D eigenvalue weighted by atomic mass is 9.98. The van der Waals surface area contributed by atoms with Crippen molar-refractivity contribution in [2.45, 2.75) is 83.0 Å². The van der Waals surface area contributed by atoms with E-state index in [0.29, 0.717) is 38.8 Å². The fourth-order valence-electron chi connectivity index (χ4n) is 3.69. The molecule has 0 bridgehead atoms. The van der Waals surface area contributed by atoms with Gasteiger partial charge in [0.15, 0.2) is 0 Å². The number of carbonyl (C=O) groups is 5. The third-order valence-corrected chi connectivity index (χ3v) is 5.98. The number of carbonyl (C=O) groups excluding carboxylic acids is 4. The summed E-state index contributed by atoms with van der Waals surface area (Å²) < 4.78 is 0. The Balaban J connectivity index is 2.94. The molecule has 1 saturated heterocycles. The van der Waals surface area contributed by atoms with Crippen LogP contribution in [-0.4, -0.2) is 76.9 Å². The minimum Gasteiger partial charge on any atom is -0.480 e. The van der Waals surface area contributed by atoms with Crippen LogP contribution in [0.15, 0.2) is 0 Å². The van der Waals surface area contributed by atoms with Crippen LogP contribution in [0.2, 0.25) is 0 Å². The van der Waals surface area contributed by atoms with Gasteiger partial charge in [0.2, 0.25) is 23.6 Å². The molecule has 5 atom stereocenters. The van der Waals surface area contributed by atoms with Gasteiger partial charge in [-0.25, -0.2) is 4.79 Å². The average Bonchev–Trinajstić information content (AvgIpc) is 3.26. The standard InChI is InChI=1S/C21H38N6O6/c1-3-12(2)17(24)20(31)27-10-6-8-15(27)19(30)25-13(7-4-5-9-22)18(29)26-14(21(32)33)11-16(23)28/h12-15,17H,3-11,22,24H2,1-2H3,(H2,23,28)(H,25,30)(H,26,29)(H,32,33). The van der Waals surface area contributed by atoms with Crippen molar-refractivity contribution in [3.8, 4) is 0 Å². The fraction of sp³-hybridized carbons (Fsp3) is 0.762. The summed E-state index contributed by atoms with van der Waals surface area (Å²) in [6, 6.07) is -4.06. The van der Waals surface area contributed by atoms with Crippen molar-refractivity contribution < 1.29 is 29.1 Å². The molecule has 1 aliphatic rings. The molecule has 0 saturated carbocycles. The number of primary amides is 1. The van der Waals surface area contributed by atoms with Gasteiger partial charge in [0.25, 0.3) is 0 Å². The molecule has 0 radical (unpaired) electrons. The predicted octanol–water partition coefficient (Wildman–Crippen LogP) is -1.59. The highest BCUT2D eigenvalue weighted by atomic mass is 16.4. The van der Waals surface area contributed by atoms with E-state index in [-0.39, 0.29) is 18.2 Å². The van der Waals surface area contributed by atoms with Crippen molar-refractivity contribution in [1.29, 1.82) is 0 Å². The van der Waals surface area contributed by atoms with Gasteiger partial charge in [-0.3, -0.25) is 19.2 Å². The minimum atomic E-state index is -1.51. The van der Waals surface area contributed by atoms with Gasteiger partial charge in [0.1, 0.15) is 18.1 Å². The first kappa shape index (κ1) is 28.3. The highest BCUT2D eigenvalue weighted by molar-refractivity contribution is 5.95. The van der Waals surface area contributed by atoms with Crippen molar-refractivity contribution >= 4 is 29.6 Å². The van der Waals surface area contributed by atoms with E-state index >= 15 is 0 Å². The number of carboxylic acids is 1. The summed E-state index contributed by atoms with van der Waals surface area (Å²) in [7, 11) is 0. The summed E-state index contributed by atoms with van der Waals surface area (Å²) in [5.41, 5.74) is 16.6. The lowest BCUT2D eigenvalue weighted by Gasteiger charge is -2.30. The molecule has 33 heavy (non-hydrogen) atoms. The summed E-state index contributed by atoms with van der Waals surface area (Å²) >= 11 is 0. The number of aliphatic carboxylic acids is 1. The van der Waals surface area contributed by atoms with Gasteiger partial charge in [-0.05, 0) is 44.6 Å². The number of nitrogens with zero attached hydrogens (tertiary/aromatic N) is 1. The van der Waals surface area contributed by atoms with Gasteiger partial charge in [0, 0.05) is 6.54 Å². The van der Waals surface area contributed by atoms with Gasteiger partial charge in [-0.2, -0.15) is 0 Å². The van der Waals surface area contributed by atoms with Crippen molar-refractivity contribution in [1.82, 2.24) is 15.5 Å². The summed E-state index contributed by atoms with van der Waals surface area (Å²) in [4.78, 5) is 62.6. The number of unbranched alkanes of at least 4 members (excludes halogenated alkanes) is 1. The number of likely N-dealkylation sites (tertiary alicyclic amines) is 1. The van der Waals surface area contributed by atoms with E-state index in [9.17, 15) is 29.1 Å². The molecule has 12 nitrogen and oxygen atoms in total. The first-order valence-corrected chi connectivity index (χ1v) is 11.4. The van der Waals surface area contributed by atoms with Gasteiger partial charge < -0.3 is 37.8 Å². The molecule has 1 heterocycles. The molecule has 0 aromatic rings. The molecular weight excluding hydrogens is 432 g/mol. The van der Waals surface area contributed by atoms with E-state index < -0.39 is 54.3 Å². The maximum atomic E-state index is 13.0. The lowest BCUT2D eigenvalue weighted by molar-refractivity contribution is -0.144. The van der Waals surface area contributed by atoms with Crippen LogP contribution in [0.1, 0.15) is 58.8 Å². The summed E-state index contributed by atoms with van der Waals surface area (Å²) in [5, 5.41) is 14.2. The van der Waals surface area contributed by atoms with Crippen LogP contribution >= 0.6 is 0 Å². The number of hydrogen-bond donors (Lipinski definition) is 6. The van der Waals surface area contributed by atoms with Crippen molar-refractivity contribution in [3.63, 3.8) is 0 Å². The first-order chi connectivity index (χ1) is 15.5. The molecule has 1 aliphatic heterocycles. The van der Waals surface area contributed by atoms with E-state index in [1.54, 1.807) is 0 Å². The van der Waals surface area contributed by atoms with Gasteiger partial charge >= 0.3 is 5.97 Å². The molecule has 0 aromatic carbocycles. The zero-order chi connectivity index (χ0) is 25.1. The molecular formula is C21H38N6O6. The zero-order valence-electron chi connectivity index (χ0n) is 19.4. The smallest absolute Gasteiger partial charge is 0.326 e. The minimum absolute atomic E-state index is 0.0465. The second kappa shape index (κ2) is 13.7. The Hall–Kier alpha value is -2.73. The molecule has 5 unspecified atom stereocenters. The molecule has 1 fully saturated rings. The van der Waals surface area contributed by atoms with E-state index in [2.05, 4.69) is 10.6 Å². The second-order valence-electron chi connectivity index (χ2n) is 8.52. The maximum Gasteiger partial charge on any atom is 0.326 e. The predicted molar refractivity (Wildman–Crippen MR) is 120 cm³/mol. The van der Waals surface area contributed by atoms with E-state index in [1.807, 2.05) is 13.8 Å². The molecule has 0 spiro atoms. The molecule has 9 N–H and O–H groups in total. The Kier molecular flexibility index (Phi) is 11.8. The fourth-order valence-corrected chi connectivity index (χ4v) is 3.69. The highest BCUT2D eigenvalue weighted by Crippen LogP contribution is 2.21. The number of carboxylic acid groups (broad SMARTS) is 1. The summed E-state index contributed by atoms with van der Waals surface area (Å²) in [6.45, 7) is 4.58. The Morgan fingerprint density at radius 2 is 1.79 bits per heavy atom. The van der Waals surface area contributed by atoms with Crippen LogP contribution in [0.5, 0.6) is 0 Å². The zero-order valence-corrected chi connectivity index (χ0v) is 19.4. The molecule has 4 amide bonds. The number of nitrogens with two attached hydrogens (primary N) is 3. The second-order valence-corrected chi connectivity index (χ2v) is 8.52. The maximum absolute atomic E-state index is 13.0. The first-order valence-electron chi connectivity index (χ1n) is 11.4. The van der Waals surface area contributed by atoms with Gasteiger partial charge in [0.05, 0.1) is 12.5 Å². The molecule has 0 aliphatic carbocycles. The largest absolute Gasteiger partial charge is 0.480 e. The van der Waals surface area contributed by atoms with Crippen LogP contribution in [0, 0.1) is 5.92 Å². The number of rotatable bonds is 14. The molecule has 1 rings (SSSR count). The third kappa shape index (κ3) is 8.61. The molecule has 188 valence electrons.